The first kappa shape index (κ1) is 13.0. The SMILES string of the molecule is Cc1cc(C(=NC2CCCC2)NN)c(F)cc1F. The summed E-state index contributed by atoms with van der Waals surface area (Å²) >= 11 is 0. The van der Waals surface area contributed by atoms with Crippen molar-refractivity contribution in [1.82, 2.24) is 5.43 Å². The molecule has 0 radical (unpaired) electrons. The van der Waals surface area contributed by atoms with E-state index in [2.05, 4.69) is 10.4 Å². The largest absolute Gasteiger partial charge is 0.308 e. The van der Waals surface area contributed by atoms with E-state index in [-0.39, 0.29) is 11.6 Å². The molecule has 98 valence electrons. The average Bonchev–Trinajstić information content (AvgIpc) is 2.84. The van der Waals surface area contributed by atoms with E-state index in [1.54, 1.807) is 6.92 Å². The van der Waals surface area contributed by atoms with Crippen LogP contribution in [-0.4, -0.2) is 11.9 Å². The summed E-state index contributed by atoms with van der Waals surface area (Å²) in [4.78, 5) is 4.41. The van der Waals surface area contributed by atoms with Crippen molar-refractivity contribution in [1.29, 1.82) is 0 Å². The third-order valence-electron chi connectivity index (χ3n) is 3.28. The molecule has 0 bridgehead atoms. The molecule has 0 atom stereocenters. The Morgan fingerprint density at radius 1 is 1.28 bits per heavy atom. The van der Waals surface area contributed by atoms with Gasteiger partial charge >= 0.3 is 0 Å². The lowest BCUT2D eigenvalue weighted by Gasteiger charge is -2.11. The van der Waals surface area contributed by atoms with Crippen LogP contribution in [0.3, 0.4) is 0 Å². The standard InChI is InChI=1S/C13H17F2N3/c1-8-6-10(12(15)7-11(8)14)13(18-16)17-9-4-2-3-5-9/h6-7,9H,2-5,16H2,1H3,(H,17,18). The van der Waals surface area contributed by atoms with Gasteiger partial charge in [-0.15, -0.1) is 0 Å². The molecule has 0 saturated heterocycles. The third-order valence-corrected chi connectivity index (χ3v) is 3.28. The zero-order valence-electron chi connectivity index (χ0n) is 10.3. The van der Waals surface area contributed by atoms with E-state index in [0.717, 1.165) is 31.7 Å². The molecular weight excluding hydrogens is 236 g/mol. The van der Waals surface area contributed by atoms with Gasteiger partial charge < -0.3 is 5.43 Å². The van der Waals surface area contributed by atoms with Gasteiger partial charge in [-0.3, -0.25) is 4.99 Å². The Hall–Kier alpha value is -1.49. The van der Waals surface area contributed by atoms with Gasteiger partial charge in [-0.05, 0) is 31.4 Å². The number of nitrogens with one attached hydrogen (secondary N) is 1. The predicted octanol–water partition coefficient (Wildman–Crippen LogP) is 2.43. The molecule has 0 aromatic heterocycles. The van der Waals surface area contributed by atoms with Crippen molar-refractivity contribution >= 4 is 5.84 Å². The van der Waals surface area contributed by atoms with Crippen molar-refractivity contribution in [3.8, 4) is 0 Å². The average molecular weight is 253 g/mol. The van der Waals surface area contributed by atoms with Gasteiger partial charge in [0.15, 0.2) is 0 Å². The minimum absolute atomic E-state index is 0.181. The summed E-state index contributed by atoms with van der Waals surface area (Å²) in [5.74, 6) is 4.49. The quantitative estimate of drug-likeness (QED) is 0.368. The molecule has 0 aliphatic heterocycles. The fourth-order valence-electron chi connectivity index (χ4n) is 2.24. The molecule has 1 aliphatic carbocycles. The van der Waals surface area contributed by atoms with Crippen molar-refractivity contribution in [3.63, 3.8) is 0 Å². The smallest absolute Gasteiger partial charge is 0.145 e. The second-order valence-corrected chi connectivity index (χ2v) is 4.64. The predicted molar refractivity (Wildman–Crippen MR) is 67.2 cm³/mol. The van der Waals surface area contributed by atoms with Crippen LogP contribution in [0.2, 0.25) is 0 Å². The number of halogens is 2. The second kappa shape index (κ2) is 5.44. The van der Waals surface area contributed by atoms with Crippen LogP contribution < -0.4 is 11.3 Å². The summed E-state index contributed by atoms with van der Waals surface area (Å²) < 4.78 is 26.9. The van der Waals surface area contributed by atoms with Crippen LogP contribution in [-0.2, 0) is 0 Å². The van der Waals surface area contributed by atoms with E-state index in [1.807, 2.05) is 0 Å². The number of hydrogen-bond donors (Lipinski definition) is 2. The minimum Gasteiger partial charge on any atom is -0.308 e. The molecule has 0 heterocycles. The molecule has 2 rings (SSSR count). The molecule has 1 aliphatic rings. The second-order valence-electron chi connectivity index (χ2n) is 4.64. The van der Waals surface area contributed by atoms with Crippen LogP contribution in [0.1, 0.15) is 36.8 Å². The lowest BCUT2D eigenvalue weighted by Crippen LogP contribution is -2.33. The fraction of sp³-hybridized carbons (Fsp3) is 0.462. The molecule has 5 heteroatoms. The third kappa shape index (κ3) is 2.67. The molecule has 1 fully saturated rings. The minimum atomic E-state index is -0.646. The number of aryl methyl sites for hydroxylation is 1. The summed E-state index contributed by atoms with van der Waals surface area (Å²) in [6, 6.07) is 2.48. The van der Waals surface area contributed by atoms with Gasteiger partial charge in [-0.25, -0.2) is 14.6 Å². The van der Waals surface area contributed by atoms with Crippen LogP contribution >= 0.6 is 0 Å². The number of amidine groups is 1. The van der Waals surface area contributed by atoms with Gasteiger partial charge in [0.1, 0.15) is 17.5 Å². The number of nitrogens with zero attached hydrogens (tertiary/aromatic N) is 1. The fourth-order valence-corrected chi connectivity index (χ4v) is 2.24. The van der Waals surface area contributed by atoms with Crippen molar-refractivity contribution in [2.75, 3.05) is 0 Å². The molecule has 0 unspecified atom stereocenters. The lowest BCUT2D eigenvalue weighted by atomic mass is 10.1. The van der Waals surface area contributed by atoms with Crippen molar-refractivity contribution in [3.05, 3.63) is 34.9 Å². The molecular formula is C13H17F2N3. The zero-order chi connectivity index (χ0) is 13.1. The number of benzene rings is 1. The van der Waals surface area contributed by atoms with Crippen molar-refractivity contribution < 1.29 is 8.78 Å². The van der Waals surface area contributed by atoms with Gasteiger partial charge in [-0.1, -0.05) is 12.8 Å². The van der Waals surface area contributed by atoms with Gasteiger partial charge in [-0.2, -0.15) is 0 Å². The highest BCUT2D eigenvalue weighted by molar-refractivity contribution is 5.98. The van der Waals surface area contributed by atoms with E-state index in [0.29, 0.717) is 11.4 Å². The van der Waals surface area contributed by atoms with E-state index in [1.165, 1.54) is 6.07 Å². The Labute approximate surface area is 105 Å². The van der Waals surface area contributed by atoms with Crippen LogP contribution in [0.15, 0.2) is 17.1 Å². The lowest BCUT2D eigenvalue weighted by molar-refractivity contribution is 0.574. The summed E-state index contributed by atoms with van der Waals surface area (Å²) in [6.07, 6.45) is 4.26. The zero-order valence-corrected chi connectivity index (χ0v) is 10.3. The van der Waals surface area contributed by atoms with E-state index < -0.39 is 11.6 Å². The molecule has 1 aromatic carbocycles. The molecule has 3 nitrogen and oxygen atoms in total. The summed E-state index contributed by atoms with van der Waals surface area (Å²) in [5.41, 5.74) is 3.02. The Kier molecular flexibility index (Phi) is 3.91. The molecule has 0 amide bonds. The summed E-state index contributed by atoms with van der Waals surface area (Å²) in [6.45, 7) is 1.59. The number of hydrogen-bond acceptors (Lipinski definition) is 2. The first-order valence-corrected chi connectivity index (χ1v) is 6.12. The van der Waals surface area contributed by atoms with Gasteiger partial charge in [0.2, 0.25) is 0 Å². The highest BCUT2D eigenvalue weighted by atomic mass is 19.1. The number of aliphatic imine (C=N–C) groups is 1. The molecule has 18 heavy (non-hydrogen) atoms. The Morgan fingerprint density at radius 2 is 1.94 bits per heavy atom. The van der Waals surface area contributed by atoms with E-state index in [9.17, 15) is 8.78 Å². The molecule has 1 saturated carbocycles. The summed E-state index contributed by atoms with van der Waals surface area (Å²) in [7, 11) is 0. The van der Waals surface area contributed by atoms with Crippen LogP contribution in [0.5, 0.6) is 0 Å². The van der Waals surface area contributed by atoms with Crippen LogP contribution in [0.4, 0.5) is 8.78 Å². The van der Waals surface area contributed by atoms with E-state index >= 15 is 0 Å². The van der Waals surface area contributed by atoms with Crippen LogP contribution in [0, 0.1) is 18.6 Å². The Morgan fingerprint density at radius 3 is 2.56 bits per heavy atom. The normalized spacial score (nSPS) is 17.2. The number of nitrogens with two attached hydrogens (primary N) is 1. The molecule has 3 N–H and O–H groups in total. The molecule has 1 aromatic rings. The van der Waals surface area contributed by atoms with Gasteiger partial charge in [0, 0.05) is 6.07 Å². The number of hydrazine groups is 1. The maximum atomic E-state index is 13.7. The monoisotopic (exact) mass is 253 g/mol. The summed E-state index contributed by atoms with van der Waals surface area (Å²) in [5, 5.41) is 0. The Bertz CT molecular complexity index is 466. The maximum absolute atomic E-state index is 13.7. The number of rotatable bonds is 2. The maximum Gasteiger partial charge on any atom is 0.145 e. The highest BCUT2D eigenvalue weighted by Crippen LogP contribution is 2.22. The van der Waals surface area contributed by atoms with Crippen molar-refractivity contribution in [2.45, 2.75) is 38.6 Å². The highest BCUT2D eigenvalue weighted by Gasteiger charge is 2.17. The first-order chi connectivity index (χ1) is 8.61. The topological polar surface area (TPSA) is 50.4 Å². The van der Waals surface area contributed by atoms with E-state index in [4.69, 9.17) is 5.84 Å². The van der Waals surface area contributed by atoms with Gasteiger partial charge in [0.25, 0.3) is 0 Å². The molecule has 0 spiro atoms. The first-order valence-electron chi connectivity index (χ1n) is 6.12. The van der Waals surface area contributed by atoms with Crippen LogP contribution in [0.25, 0.3) is 0 Å². The van der Waals surface area contributed by atoms with Gasteiger partial charge in [0.05, 0.1) is 11.6 Å². The Balaban J connectivity index is 2.34. The van der Waals surface area contributed by atoms with Crippen molar-refractivity contribution in [2.24, 2.45) is 10.8 Å².